The van der Waals surface area contributed by atoms with E-state index in [2.05, 4.69) is 0 Å². The summed E-state index contributed by atoms with van der Waals surface area (Å²) in [5, 5.41) is 0. The first-order valence-corrected chi connectivity index (χ1v) is 5.52. The van der Waals surface area contributed by atoms with Gasteiger partial charge in [-0.3, -0.25) is 4.57 Å². The van der Waals surface area contributed by atoms with Crippen molar-refractivity contribution in [1.82, 2.24) is 0 Å². The zero-order chi connectivity index (χ0) is 8.74. The first-order chi connectivity index (χ1) is 5.18. The molecule has 0 saturated heterocycles. The van der Waals surface area contributed by atoms with Crippen molar-refractivity contribution in [2.75, 3.05) is 13.2 Å². The third-order valence-corrected chi connectivity index (χ3v) is 3.07. The molecule has 0 amide bonds. The maximum Gasteiger partial charge on any atom is 0.187 e. The topological polar surface area (TPSA) is 35.5 Å². The Morgan fingerprint density at radius 3 is 1.91 bits per heavy atom. The van der Waals surface area contributed by atoms with Gasteiger partial charge in [-0.25, -0.2) is 6.16 Å². The van der Waals surface area contributed by atoms with Crippen molar-refractivity contribution in [1.29, 1.82) is 0 Å². The van der Waals surface area contributed by atoms with Gasteiger partial charge in [0.15, 0.2) is 7.60 Å². The fourth-order valence-electron chi connectivity index (χ4n) is 0.726. The molecule has 0 unspecified atom stereocenters. The summed E-state index contributed by atoms with van der Waals surface area (Å²) in [6.45, 7) is 6.36. The van der Waals surface area contributed by atoms with Crippen molar-refractivity contribution in [3.05, 3.63) is 6.16 Å². The van der Waals surface area contributed by atoms with Crippen LogP contribution in [0.5, 0.6) is 0 Å². The molecule has 0 bridgehead atoms. The lowest BCUT2D eigenvalue weighted by atomic mass is 10.6. The van der Waals surface area contributed by atoms with Gasteiger partial charge in [0.05, 0.1) is 13.2 Å². The van der Waals surface area contributed by atoms with Crippen LogP contribution in [0.3, 0.4) is 0 Å². The van der Waals surface area contributed by atoms with Crippen LogP contribution in [0.2, 0.25) is 0 Å². The second-order valence-electron chi connectivity index (χ2n) is 1.97. The molecule has 11 heavy (non-hydrogen) atoms. The molecular formula is C7H16O3P-. The Hall–Kier alpha value is 0.150. The number of hydrogen-bond donors (Lipinski definition) is 0. The van der Waals surface area contributed by atoms with E-state index < -0.39 is 7.60 Å². The SMILES string of the molecule is CC[CH-]P(=O)(OCC)OCC. The maximum absolute atomic E-state index is 11.5. The summed E-state index contributed by atoms with van der Waals surface area (Å²) in [6, 6.07) is 0. The van der Waals surface area contributed by atoms with E-state index in [0.717, 1.165) is 0 Å². The van der Waals surface area contributed by atoms with Gasteiger partial charge in [0.1, 0.15) is 0 Å². The lowest BCUT2D eigenvalue weighted by Gasteiger charge is -2.24. The molecule has 0 aromatic heterocycles. The van der Waals surface area contributed by atoms with Crippen molar-refractivity contribution >= 4 is 7.60 Å². The molecule has 0 aliphatic rings. The van der Waals surface area contributed by atoms with Gasteiger partial charge < -0.3 is 9.05 Å². The molecule has 4 heteroatoms. The van der Waals surface area contributed by atoms with Crippen LogP contribution in [-0.4, -0.2) is 13.2 Å². The first-order valence-electron chi connectivity index (χ1n) is 3.91. The monoisotopic (exact) mass is 179 g/mol. The van der Waals surface area contributed by atoms with E-state index in [1.165, 1.54) is 0 Å². The summed E-state index contributed by atoms with van der Waals surface area (Å²) in [5.74, 6) is 0. The van der Waals surface area contributed by atoms with Gasteiger partial charge in [0, 0.05) is 0 Å². The highest BCUT2D eigenvalue weighted by molar-refractivity contribution is 7.56. The Bertz CT molecular complexity index is 112. The van der Waals surface area contributed by atoms with Crippen LogP contribution < -0.4 is 0 Å². The zero-order valence-electron chi connectivity index (χ0n) is 7.37. The van der Waals surface area contributed by atoms with Gasteiger partial charge in [-0.1, -0.05) is 6.92 Å². The first kappa shape index (κ1) is 11.2. The van der Waals surface area contributed by atoms with Gasteiger partial charge in [-0.2, -0.15) is 6.42 Å². The Morgan fingerprint density at radius 1 is 1.18 bits per heavy atom. The normalized spacial score (nSPS) is 11.9. The zero-order valence-corrected chi connectivity index (χ0v) is 8.27. The van der Waals surface area contributed by atoms with Crippen molar-refractivity contribution in [2.24, 2.45) is 0 Å². The molecule has 0 aromatic rings. The lowest BCUT2D eigenvalue weighted by molar-refractivity contribution is 0.225. The van der Waals surface area contributed by atoms with E-state index in [9.17, 15) is 4.57 Å². The quantitative estimate of drug-likeness (QED) is 0.464. The van der Waals surface area contributed by atoms with Gasteiger partial charge in [0.2, 0.25) is 0 Å². The summed E-state index contributed by atoms with van der Waals surface area (Å²) in [4.78, 5) is 0. The predicted molar refractivity (Wildman–Crippen MR) is 45.4 cm³/mol. The van der Waals surface area contributed by atoms with Crippen LogP contribution in [0, 0.1) is 6.16 Å². The second-order valence-corrected chi connectivity index (χ2v) is 3.93. The average molecular weight is 179 g/mol. The van der Waals surface area contributed by atoms with Crippen LogP contribution in [0.1, 0.15) is 27.2 Å². The molecule has 0 saturated carbocycles. The van der Waals surface area contributed by atoms with E-state index in [4.69, 9.17) is 9.05 Å². The summed E-state index contributed by atoms with van der Waals surface area (Å²) < 4.78 is 21.5. The highest BCUT2D eigenvalue weighted by Crippen LogP contribution is 2.51. The van der Waals surface area contributed by atoms with Gasteiger partial charge in [-0.05, 0) is 13.8 Å². The van der Waals surface area contributed by atoms with Crippen molar-refractivity contribution in [2.45, 2.75) is 27.2 Å². The summed E-state index contributed by atoms with van der Waals surface area (Å²) in [6.07, 6.45) is 2.30. The number of rotatable bonds is 6. The largest absolute Gasteiger partial charge is 0.331 e. The van der Waals surface area contributed by atoms with Crippen LogP contribution >= 0.6 is 7.60 Å². The lowest BCUT2D eigenvalue weighted by Crippen LogP contribution is -1.95. The van der Waals surface area contributed by atoms with Gasteiger partial charge >= 0.3 is 0 Å². The number of hydrogen-bond acceptors (Lipinski definition) is 3. The molecule has 3 nitrogen and oxygen atoms in total. The molecule has 0 aliphatic heterocycles. The van der Waals surface area contributed by atoms with Crippen LogP contribution in [-0.2, 0) is 13.6 Å². The van der Waals surface area contributed by atoms with Crippen LogP contribution in [0.15, 0.2) is 0 Å². The highest BCUT2D eigenvalue weighted by Gasteiger charge is 2.09. The fourth-order valence-corrected chi connectivity index (χ4v) is 2.18. The van der Waals surface area contributed by atoms with E-state index in [1.807, 2.05) is 6.92 Å². The van der Waals surface area contributed by atoms with Gasteiger partial charge in [-0.15, -0.1) is 0 Å². The molecule has 0 fully saturated rings. The van der Waals surface area contributed by atoms with Crippen LogP contribution in [0.4, 0.5) is 0 Å². The van der Waals surface area contributed by atoms with Crippen molar-refractivity contribution in [3.8, 4) is 0 Å². The third kappa shape index (κ3) is 4.57. The van der Waals surface area contributed by atoms with E-state index >= 15 is 0 Å². The predicted octanol–water partition coefficient (Wildman–Crippen LogP) is 2.82. The molecule has 0 heterocycles. The Morgan fingerprint density at radius 2 is 1.64 bits per heavy atom. The standard InChI is InChI=1S/C7H16O3P/c1-4-7-11(8,9-5-2)10-6-3/h7H,4-6H2,1-3H3/q-1. The Labute approximate surface area is 68.6 Å². The minimum atomic E-state index is -2.84. The smallest absolute Gasteiger partial charge is 0.187 e. The highest BCUT2D eigenvalue weighted by atomic mass is 31.2. The maximum atomic E-state index is 11.5. The van der Waals surface area contributed by atoms with E-state index in [0.29, 0.717) is 19.6 Å². The molecule has 0 atom stereocenters. The Balaban J connectivity index is 3.91. The molecule has 0 rings (SSSR count). The summed E-state index contributed by atoms with van der Waals surface area (Å²) in [7, 11) is -2.84. The average Bonchev–Trinajstić information content (AvgIpc) is 1.88. The molecule has 0 aliphatic carbocycles. The minimum absolute atomic E-state index is 0.424. The molecular weight excluding hydrogens is 163 g/mol. The third-order valence-electron chi connectivity index (χ3n) is 1.02. The fraction of sp³-hybridized carbons (Fsp3) is 0.857. The molecule has 0 spiro atoms. The molecule has 68 valence electrons. The minimum Gasteiger partial charge on any atom is -0.331 e. The molecule has 0 aromatic carbocycles. The second kappa shape index (κ2) is 5.76. The Kier molecular flexibility index (Phi) is 5.83. The summed E-state index contributed by atoms with van der Waals surface area (Å²) in [5.41, 5.74) is 0. The van der Waals surface area contributed by atoms with Crippen LogP contribution in [0.25, 0.3) is 0 Å². The van der Waals surface area contributed by atoms with E-state index in [-0.39, 0.29) is 0 Å². The van der Waals surface area contributed by atoms with E-state index in [1.54, 1.807) is 20.0 Å². The molecule has 0 radical (unpaired) electrons. The van der Waals surface area contributed by atoms with Crippen molar-refractivity contribution in [3.63, 3.8) is 0 Å². The van der Waals surface area contributed by atoms with Gasteiger partial charge in [0.25, 0.3) is 0 Å². The van der Waals surface area contributed by atoms with Crippen molar-refractivity contribution < 1.29 is 13.6 Å². The summed E-state index contributed by atoms with van der Waals surface area (Å²) >= 11 is 0. The molecule has 0 N–H and O–H groups in total.